The average Bonchev–Trinajstić information content (AvgIpc) is 3.08. The Labute approximate surface area is 161 Å². The first-order valence-corrected chi connectivity index (χ1v) is 9.95. The van der Waals surface area contributed by atoms with Crippen LogP contribution in [-0.2, 0) is 12.0 Å². The molecule has 142 valence electrons. The summed E-state index contributed by atoms with van der Waals surface area (Å²) in [4.78, 5) is 10.2. The minimum absolute atomic E-state index is 0.0399. The third-order valence-corrected chi connectivity index (χ3v) is 4.76. The zero-order valence-electron chi connectivity index (χ0n) is 16.4. The molecule has 0 spiro atoms. The van der Waals surface area contributed by atoms with Gasteiger partial charge in [0, 0.05) is 28.6 Å². The van der Waals surface area contributed by atoms with Crippen molar-refractivity contribution < 1.29 is 4.42 Å². The van der Waals surface area contributed by atoms with Crippen molar-refractivity contribution in [1.82, 2.24) is 15.6 Å². The van der Waals surface area contributed by atoms with Crippen LogP contribution in [0.15, 0.2) is 50.8 Å². The van der Waals surface area contributed by atoms with Gasteiger partial charge in [0.25, 0.3) is 0 Å². The number of nitrogens with zero attached hydrogens (tertiary/aromatic N) is 2. The minimum atomic E-state index is -0.0399. The normalized spacial score (nSPS) is 13.5. The molecular formula is C20H30N4OS. The molecule has 0 radical (unpaired) electrons. The van der Waals surface area contributed by atoms with Gasteiger partial charge in [-0.2, -0.15) is 0 Å². The van der Waals surface area contributed by atoms with E-state index in [0.717, 1.165) is 24.8 Å². The summed E-state index contributed by atoms with van der Waals surface area (Å²) < 4.78 is 5.80. The van der Waals surface area contributed by atoms with Gasteiger partial charge in [-0.1, -0.05) is 45.9 Å². The summed E-state index contributed by atoms with van der Waals surface area (Å²) in [7, 11) is 0. The second-order valence-electron chi connectivity index (χ2n) is 7.19. The van der Waals surface area contributed by atoms with Crippen LogP contribution in [-0.4, -0.2) is 29.3 Å². The van der Waals surface area contributed by atoms with E-state index in [-0.39, 0.29) is 5.41 Å². The monoisotopic (exact) mass is 374 g/mol. The Bertz CT molecular complexity index is 691. The van der Waals surface area contributed by atoms with Crippen LogP contribution >= 0.6 is 11.8 Å². The van der Waals surface area contributed by atoms with Gasteiger partial charge in [0.05, 0.1) is 6.20 Å². The van der Waals surface area contributed by atoms with Gasteiger partial charge in [-0.05, 0) is 19.1 Å². The number of nitrogens with one attached hydrogen (secondary N) is 2. The molecule has 1 atom stereocenters. The van der Waals surface area contributed by atoms with E-state index in [1.165, 1.54) is 4.90 Å². The fourth-order valence-corrected chi connectivity index (χ4v) is 3.18. The fourth-order valence-electron chi connectivity index (χ4n) is 2.23. The number of aromatic nitrogens is 1. The lowest BCUT2D eigenvalue weighted by Gasteiger charge is -2.15. The maximum absolute atomic E-state index is 5.80. The van der Waals surface area contributed by atoms with Crippen LogP contribution in [0.5, 0.6) is 0 Å². The Balaban J connectivity index is 1.88. The summed E-state index contributed by atoms with van der Waals surface area (Å²) in [5.74, 6) is 2.30. The highest BCUT2D eigenvalue weighted by Crippen LogP contribution is 2.23. The Morgan fingerprint density at radius 1 is 1.23 bits per heavy atom. The second-order valence-corrected chi connectivity index (χ2v) is 8.70. The smallest absolute Gasteiger partial charge is 0.216 e. The Hall–Kier alpha value is -1.95. The van der Waals surface area contributed by atoms with Crippen molar-refractivity contribution in [3.8, 4) is 0 Å². The van der Waals surface area contributed by atoms with Gasteiger partial charge in [0.2, 0.25) is 5.89 Å². The van der Waals surface area contributed by atoms with E-state index < -0.39 is 0 Å². The number of oxazole rings is 1. The molecular weight excluding hydrogens is 344 g/mol. The molecule has 0 saturated heterocycles. The van der Waals surface area contributed by atoms with Crippen LogP contribution in [0.4, 0.5) is 0 Å². The largest absolute Gasteiger partial charge is 0.443 e. The lowest BCUT2D eigenvalue weighted by molar-refractivity contribution is 0.383. The number of thioether (sulfide) groups is 1. The molecule has 0 fully saturated rings. The summed E-state index contributed by atoms with van der Waals surface area (Å²) in [5, 5.41) is 7.09. The second kappa shape index (κ2) is 9.67. The van der Waals surface area contributed by atoms with Gasteiger partial charge in [-0.15, -0.1) is 11.8 Å². The molecule has 0 amide bonds. The van der Waals surface area contributed by atoms with Gasteiger partial charge in [-0.3, -0.25) is 0 Å². The van der Waals surface area contributed by atoms with Crippen LogP contribution in [0, 0.1) is 0 Å². The van der Waals surface area contributed by atoms with Crippen molar-refractivity contribution >= 4 is 17.7 Å². The van der Waals surface area contributed by atoms with E-state index in [1.807, 2.05) is 17.8 Å². The average molecular weight is 375 g/mol. The third kappa shape index (κ3) is 6.75. The summed E-state index contributed by atoms with van der Waals surface area (Å²) in [6, 6.07) is 10.4. The predicted molar refractivity (Wildman–Crippen MR) is 110 cm³/mol. The maximum Gasteiger partial charge on any atom is 0.216 e. The molecule has 2 N–H and O–H groups in total. The van der Waals surface area contributed by atoms with E-state index in [1.54, 1.807) is 6.20 Å². The molecule has 1 unspecified atom stereocenters. The molecule has 1 heterocycles. The van der Waals surface area contributed by atoms with Gasteiger partial charge in [0.1, 0.15) is 12.3 Å². The van der Waals surface area contributed by atoms with Crippen molar-refractivity contribution in [2.75, 3.05) is 13.1 Å². The van der Waals surface area contributed by atoms with E-state index in [2.05, 4.69) is 79.5 Å². The van der Waals surface area contributed by atoms with Crippen molar-refractivity contribution in [1.29, 1.82) is 0 Å². The molecule has 0 bridgehead atoms. The fraction of sp³-hybridized carbons (Fsp3) is 0.500. The standard InChI is InChI=1S/C20H30N4OS/c1-6-21-19(23-12-15(2)26-16-10-8-7-9-11-16)24-14-18-22-13-17(25-18)20(3,4)5/h7-11,13,15H,6,12,14H2,1-5H3,(H2,21,23,24). The molecule has 0 aliphatic carbocycles. The highest BCUT2D eigenvalue weighted by molar-refractivity contribution is 8.00. The number of rotatable bonds is 7. The summed E-state index contributed by atoms with van der Waals surface area (Å²) in [6.45, 7) is 12.6. The van der Waals surface area contributed by atoms with Gasteiger partial charge in [-0.25, -0.2) is 9.98 Å². The molecule has 2 aromatic rings. The van der Waals surface area contributed by atoms with E-state index in [4.69, 9.17) is 4.42 Å². The molecule has 0 aliphatic heterocycles. The van der Waals surface area contributed by atoms with Crippen LogP contribution < -0.4 is 10.6 Å². The van der Waals surface area contributed by atoms with E-state index in [9.17, 15) is 0 Å². The number of aliphatic imine (C=N–C) groups is 1. The van der Waals surface area contributed by atoms with Crippen LogP contribution in [0.1, 0.15) is 46.3 Å². The Morgan fingerprint density at radius 3 is 2.58 bits per heavy atom. The first-order chi connectivity index (χ1) is 12.4. The number of hydrogen-bond acceptors (Lipinski definition) is 4. The molecule has 1 aromatic heterocycles. The van der Waals surface area contributed by atoms with Crippen LogP contribution in [0.25, 0.3) is 0 Å². The van der Waals surface area contributed by atoms with Crippen molar-refractivity contribution in [2.45, 2.75) is 56.7 Å². The summed E-state index contributed by atoms with van der Waals surface area (Å²) in [5.41, 5.74) is -0.0399. The summed E-state index contributed by atoms with van der Waals surface area (Å²) >= 11 is 1.85. The highest BCUT2D eigenvalue weighted by atomic mass is 32.2. The first kappa shape index (κ1) is 20.4. The molecule has 26 heavy (non-hydrogen) atoms. The van der Waals surface area contributed by atoms with Crippen molar-refractivity contribution in [2.24, 2.45) is 4.99 Å². The van der Waals surface area contributed by atoms with Gasteiger partial charge < -0.3 is 15.1 Å². The quantitative estimate of drug-likeness (QED) is 0.432. The first-order valence-electron chi connectivity index (χ1n) is 9.07. The van der Waals surface area contributed by atoms with Crippen molar-refractivity contribution in [3.63, 3.8) is 0 Å². The van der Waals surface area contributed by atoms with E-state index in [0.29, 0.717) is 17.7 Å². The van der Waals surface area contributed by atoms with E-state index >= 15 is 0 Å². The highest BCUT2D eigenvalue weighted by Gasteiger charge is 2.19. The van der Waals surface area contributed by atoms with Gasteiger partial charge >= 0.3 is 0 Å². The van der Waals surface area contributed by atoms with Crippen LogP contribution in [0.2, 0.25) is 0 Å². The minimum Gasteiger partial charge on any atom is -0.443 e. The topological polar surface area (TPSA) is 62.5 Å². The Morgan fingerprint density at radius 2 is 1.96 bits per heavy atom. The number of guanidine groups is 1. The lowest BCUT2D eigenvalue weighted by atomic mass is 9.94. The molecule has 6 heteroatoms. The molecule has 5 nitrogen and oxygen atoms in total. The molecule has 1 aromatic carbocycles. The third-order valence-electron chi connectivity index (χ3n) is 3.65. The SMILES string of the molecule is CCNC(=NCc1ncc(C(C)(C)C)o1)NCC(C)Sc1ccccc1. The van der Waals surface area contributed by atoms with Gasteiger partial charge in [0.15, 0.2) is 5.96 Å². The summed E-state index contributed by atoms with van der Waals surface area (Å²) in [6.07, 6.45) is 1.80. The zero-order chi connectivity index (χ0) is 19.0. The molecule has 2 rings (SSSR count). The molecule has 0 aliphatic rings. The molecule has 0 saturated carbocycles. The number of hydrogen-bond donors (Lipinski definition) is 2. The predicted octanol–water partition coefficient (Wildman–Crippen LogP) is 4.21. The van der Waals surface area contributed by atoms with Crippen LogP contribution in [0.3, 0.4) is 0 Å². The van der Waals surface area contributed by atoms with Crippen molar-refractivity contribution in [3.05, 3.63) is 48.2 Å². The lowest BCUT2D eigenvalue weighted by Crippen LogP contribution is -2.40. The zero-order valence-corrected chi connectivity index (χ0v) is 17.2. The Kier molecular flexibility index (Phi) is 7.57. The maximum atomic E-state index is 5.80. The number of benzene rings is 1.